The first-order chi connectivity index (χ1) is 9.13. The molecule has 0 aromatic rings. The van der Waals surface area contributed by atoms with E-state index in [1.54, 1.807) is 0 Å². The highest BCUT2D eigenvalue weighted by atomic mass is 16.5. The summed E-state index contributed by atoms with van der Waals surface area (Å²) in [5.74, 6) is -0.0300. The topological polar surface area (TPSA) is 65.4 Å². The van der Waals surface area contributed by atoms with E-state index in [1.165, 1.54) is 6.42 Å². The number of rotatable bonds is 3. The molecule has 1 heterocycles. The van der Waals surface area contributed by atoms with Crippen LogP contribution in [-0.4, -0.2) is 48.7 Å². The highest BCUT2D eigenvalue weighted by Gasteiger charge is 2.34. The molecule has 0 aromatic heterocycles. The summed E-state index contributed by atoms with van der Waals surface area (Å²) < 4.78 is 5.45. The molecule has 2 rings (SSSR count). The number of nitrogens with zero attached hydrogens (tertiary/aromatic N) is 2. The zero-order valence-electron chi connectivity index (χ0n) is 11.7. The molecule has 0 radical (unpaired) electrons. The van der Waals surface area contributed by atoms with Gasteiger partial charge in [0.1, 0.15) is 5.54 Å². The molecule has 1 N–H and O–H groups in total. The van der Waals surface area contributed by atoms with Crippen LogP contribution in [0.4, 0.5) is 0 Å². The molecule has 1 aliphatic heterocycles. The Balaban J connectivity index is 1.84. The van der Waals surface area contributed by atoms with Crippen molar-refractivity contribution in [2.45, 2.75) is 50.7 Å². The van der Waals surface area contributed by atoms with Crippen molar-refractivity contribution in [2.24, 2.45) is 0 Å². The highest BCUT2D eigenvalue weighted by Crippen LogP contribution is 2.27. The van der Waals surface area contributed by atoms with Gasteiger partial charge in [0.2, 0.25) is 5.91 Å². The number of nitriles is 1. The minimum atomic E-state index is -0.618. The average Bonchev–Trinajstić information content (AvgIpc) is 2.39. The Morgan fingerprint density at radius 3 is 2.84 bits per heavy atom. The van der Waals surface area contributed by atoms with Gasteiger partial charge in [-0.2, -0.15) is 5.26 Å². The maximum atomic E-state index is 12.1. The normalized spacial score (nSPS) is 27.5. The highest BCUT2D eigenvalue weighted by molar-refractivity contribution is 5.79. The fourth-order valence-electron chi connectivity index (χ4n) is 2.96. The van der Waals surface area contributed by atoms with Crippen LogP contribution in [0.5, 0.6) is 0 Å². The third kappa shape index (κ3) is 3.92. The molecule has 1 saturated heterocycles. The molecular formula is C14H23N3O2. The van der Waals surface area contributed by atoms with E-state index in [-0.39, 0.29) is 12.0 Å². The molecule has 5 heteroatoms. The van der Waals surface area contributed by atoms with Gasteiger partial charge in [-0.3, -0.25) is 9.69 Å². The Morgan fingerprint density at radius 1 is 1.47 bits per heavy atom. The predicted octanol–water partition coefficient (Wildman–Crippen LogP) is 1.05. The lowest BCUT2D eigenvalue weighted by atomic mass is 9.83. The Labute approximate surface area is 114 Å². The molecule has 0 spiro atoms. The van der Waals surface area contributed by atoms with E-state index in [0.29, 0.717) is 13.2 Å². The maximum Gasteiger partial charge on any atom is 0.235 e. The summed E-state index contributed by atoms with van der Waals surface area (Å²) in [5, 5.41) is 12.3. The first-order valence-corrected chi connectivity index (χ1v) is 7.20. The van der Waals surface area contributed by atoms with Gasteiger partial charge in [0.15, 0.2) is 0 Å². The number of ether oxygens (including phenoxy) is 1. The van der Waals surface area contributed by atoms with E-state index < -0.39 is 5.54 Å². The van der Waals surface area contributed by atoms with Gasteiger partial charge in [-0.15, -0.1) is 0 Å². The number of hydrogen-bond acceptors (Lipinski definition) is 4. The SMILES string of the molecule is CC1CN(CC(=O)NC2(C#N)CCCCC2)CCO1. The second kappa shape index (κ2) is 6.36. The third-order valence-electron chi connectivity index (χ3n) is 3.99. The molecule has 0 aromatic carbocycles. The quantitative estimate of drug-likeness (QED) is 0.828. The van der Waals surface area contributed by atoms with Crippen LogP contribution < -0.4 is 5.32 Å². The molecule has 2 fully saturated rings. The Hall–Kier alpha value is -1.12. The molecule has 2 aliphatic rings. The smallest absolute Gasteiger partial charge is 0.235 e. The van der Waals surface area contributed by atoms with Crippen LogP contribution in [0.25, 0.3) is 0 Å². The van der Waals surface area contributed by atoms with Crippen LogP contribution in [0.15, 0.2) is 0 Å². The summed E-state index contributed by atoms with van der Waals surface area (Å²) in [6, 6.07) is 2.32. The minimum absolute atomic E-state index is 0.0300. The lowest BCUT2D eigenvalue weighted by molar-refractivity contribution is -0.125. The van der Waals surface area contributed by atoms with Gasteiger partial charge in [0, 0.05) is 13.1 Å². The van der Waals surface area contributed by atoms with Gasteiger partial charge in [-0.25, -0.2) is 0 Å². The van der Waals surface area contributed by atoms with Gasteiger partial charge < -0.3 is 10.1 Å². The summed E-state index contributed by atoms with van der Waals surface area (Å²) in [6.45, 7) is 4.64. The van der Waals surface area contributed by atoms with E-state index in [1.807, 2.05) is 6.92 Å². The van der Waals surface area contributed by atoms with E-state index in [4.69, 9.17) is 4.74 Å². The second-order valence-electron chi connectivity index (χ2n) is 5.72. The minimum Gasteiger partial charge on any atom is -0.376 e. The van der Waals surface area contributed by atoms with Crippen LogP contribution >= 0.6 is 0 Å². The Morgan fingerprint density at radius 2 is 2.21 bits per heavy atom. The molecule has 1 saturated carbocycles. The zero-order valence-corrected chi connectivity index (χ0v) is 11.7. The number of nitrogens with one attached hydrogen (secondary N) is 1. The molecule has 1 atom stereocenters. The summed E-state index contributed by atoms with van der Waals surface area (Å²) >= 11 is 0. The summed E-state index contributed by atoms with van der Waals surface area (Å²) in [6.07, 6.45) is 4.98. The number of hydrogen-bond donors (Lipinski definition) is 1. The molecular weight excluding hydrogens is 242 g/mol. The van der Waals surface area contributed by atoms with Gasteiger partial charge >= 0.3 is 0 Å². The van der Waals surface area contributed by atoms with Crippen molar-refractivity contribution in [3.05, 3.63) is 0 Å². The predicted molar refractivity (Wildman–Crippen MR) is 71.4 cm³/mol. The number of carbonyl (C=O) groups excluding carboxylic acids is 1. The van der Waals surface area contributed by atoms with Crippen LogP contribution in [-0.2, 0) is 9.53 Å². The molecule has 106 valence electrons. The lowest BCUT2D eigenvalue weighted by Crippen LogP contribution is -2.53. The van der Waals surface area contributed by atoms with Gasteiger partial charge in [0.25, 0.3) is 0 Å². The number of amides is 1. The molecule has 1 amide bonds. The Bertz CT molecular complexity index is 358. The maximum absolute atomic E-state index is 12.1. The first-order valence-electron chi connectivity index (χ1n) is 7.20. The fraction of sp³-hybridized carbons (Fsp3) is 0.857. The van der Waals surface area contributed by atoms with Crippen molar-refractivity contribution in [1.82, 2.24) is 10.2 Å². The van der Waals surface area contributed by atoms with Crippen molar-refractivity contribution in [2.75, 3.05) is 26.2 Å². The van der Waals surface area contributed by atoms with Crippen LogP contribution in [0.1, 0.15) is 39.0 Å². The summed E-state index contributed by atoms with van der Waals surface area (Å²) in [4.78, 5) is 14.2. The van der Waals surface area contributed by atoms with Crippen LogP contribution in [0, 0.1) is 11.3 Å². The monoisotopic (exact) mass is 265 g/mol. The fourth-order valence-corrected chi connectivity index (χ4v) is 2.96. The summed E-state index contributed by atoms with van der Waals surface area (Å²) in [5.41, 5.74) is -0.618. The van der Waals surface area contributed by atoms with E-state index in [2.05, 4.69) is 16.3 Å². The van der Waals surface area contributed by atoms with Crippen molar-refractivity contribution in [3.8, 4) is 6.07 Å². The zero-order chi connectivity index (χ0) is 13.7. The van der Waals surface area contributed by atoms with Crippen LogP contribution in [0.2, 0.25) is 0 Å². The summed E-state index contributed by atoms with van der Waals surface area (Å²) in [7, 11) is 0. The van der Waals surface area contributed by atoms with Crippen molar-refractivity contribution >= 4 is 5.91 Å². The second-order valence-corrected chi connectivity index (χ2v) is 5.72. The molecule has 19 heavy (non-hydrogen) atoms. The van der Waals surface area contributed by atoms with E-state index >= 15 is 0 Å². The third-order valence-corrected chi connectivity index (χ3v) is 3.99. The van der Waals surface area contributed by atoms with Gasteiger partial charge in [0.05, 0.1) is 25.3 Å². The van der Waals surface area contributed by atoms with Crippen LogP contribution in [0.3, 0.4) is 0 Å². The van der Waals surface area contributed by atoms with Gasteiger partial charge in [-0.05, 0) is 19.8 Å². The van der Waals surface area contributed by atoms with E-state index in [9.17, 15) is 10.1 Å². The molecule has 5 nitrogen and oxygen atoms in total. The van der Waals surface area contributed by atoms with E-state index in [0.717, 1.165) is 38.8 Å². The number of morpholine rings is 1. The molecule has 0 bridgehead atoms. The van der Waals surface area contributed by atoms with Crippen molar-refractivity contribution in [3.63, 3.8) is 0 Å². The lowest BCUT2D eigenvalue weighted by Gasteiger charge is -2.34. The average molecular weight is 265 g/mol. The van der Waals surface area contributed by atoms with Gasteiger partial charge in [-0.1, -0.05) is 19.3 Å². The largest absolute Gasteiger partial charge is 0.376 e. The van der Waals surface area contributed by atoms with Crippen molar-refractivity contribution in [1.29, 1.82) is 5.26 Å². The number of carbonyl (C=O) groups is 1. The molecule has 1 unspecified atom stereocenters. The Kier molecular flexibility index (Phi) is 4.78. The first kappa shape index (κ1) is 14.3. The molecule has 1 aliphatic carbocycles. The standard InChI is InChI=1S/C14H23N3O2/c1-12-9-17(7-8-19-12)10-13(18)16-14(11-15)5-3-2-4-6-14/h12H,2-10H2,1H3,(H,16,18). The van der Waals surface area contributed by atoms with Crippen molar-refractivity contribution < 1.29 is 9.53 Å².